The maximum absolute atomic E-state index is 13.1. The molecule has 2 atom stereocenters. The second-order valence-electron chi connectivity index (χ2n) is 6.62. The lowest BCUT2D eigenvalue weighted by molar-refractivity contribution is -0.139. The molecule has 11 heteroatoms. The van der Waals surface area contributed by atoms with Crippen molar-refractivity contribution in [2.24, 2.45) is 0 Å². The van der Waals surface area contributed by atoms with Gasteiger partial charge in [-0.1, -0.05) is 12.1 Å². The number of rotatable bonds is 8. The number of amides is 1. The van der Waals surface area contributed by atoms with Crippen molar-refractivity contribution in [2.45, 2.75) is 30.1 Å². The summed E-state index contributed by atoms with van der Waals surface area (Å²) in [5.74, 6) is -0.639. The fourth-order valence-electron chi connectivity index (χ4n) is 2.70. The third kappa shape index (κ3) is 6.01. The number of carbonyl (C=O) groups is 1. The Balaban J connectivity index is 2.09. The van der Waals surface area contributed by atoms with Crippen LogP contribution in [0.15, 0.2) is 46.0 Å². The quantitative estimate of drug-likeness (QED) is 0.650. The highest BCUT2D eigenvalue weighted by Crippen LogP contribution is 2.33. The molecule has 160 valence electrons. The van der Waals surface area contributed by atoms with Crippen LogP contribution in [0, 0.1) is 0 Å². The van der Waals surface area contributed by atoms with Gasteiger partial charge in [0.25, 0.3) is 0 Å². The summed E-state index contributed by atoms with van der Waals surface area (Å²) in [6.45, 7) is 1.49. The average Bonchev–Trinajstić information content (AvgIpc) is 3.14. The first kappa shape index (κ1) is 23.3. The highest BCUT2D eigenvalue weighted by molar-refractivity contribution is 7.89. The molecule has 0 saturated heterocycles. The third-order valence-electron chi connectivity index (χ3n) is 4.23. The number of nitrogens with zero attached hydrogens (tertiary/aromatic N) is 1. The molecule has 0 aliphatic rings. The van der Waals surface area contributed by atoms with E-state index in [4.69, 9.17) is 0 Å². The van der Waals surface area contributed by atoms with E-state index in [2.05, 4.69) is 5.32 Å². The molecule has 0 fully saturated rings. The molecule has 0 bridgehead atoms. The smallest absolute Gasteiger partial charge is 0.353 e. The van der Waals surface area contributed by atoms with Gasteiger partial charge in [-0.15, -0.1) is 0 Å². The molecule has 2 N–H and O–H groups in total. The highest BCUT2D eigenvalue weighted by Gasteiger charge is 2.37. The molecule has 1 aromatic heterocycles. The van der Waals surface area contributed by atoms with Gasteiger partial charge in [-0.3, -0.25) is 4.79 Å². The van der Waals surface area contributed by atoms with E-state index >= 15 is 0 Å². The number of hydrogen-bond donors (Lipinski definition) is 2. The zero-order valence-electron chi connectivity index (χ0n) is 16.0. The SMILES string of the molecule is CC(NS(=O)(=O)c1ccccc1C(F)(F)F)C(=O)NCC(c1ccsc1)N(C)C. The van der Waals surface area contributed by atoms with E-state index in [1.807, 2.05) is 40.5 Å². The maximum Gasteiger partial charge on any atom is 0.417 e. The first-order chi connectivity index (χ1) is 13.4. The van der Waals surface area contributed by atoms with Gasteiger partial charge in [0, 0.05) is 6.54 Å². The van der Waals surface area contributed by atoms with Crippen molar-refractivity contribution in [3.05, 3.63) is 52.2 Å². The van der Waals surface area contributed by atoms with Crippen LogP contribution in [0.1, 0.15) is 24.1 Å². The van der Waals surface area contributed by atoms with E-state index in [0.717, 1.165) is 17.7 Å². The van der Waals surface area contributed by atoms with Crippen molar-refractivity contribution < 1.29 is 26.4 Å². The number of alkyl halides is 3. The molecule has 29 heavy (non-hydrogen) atoms. The fraction of sp³-hybridized carbons (Fsp3) is 0.389. The molecule has 0 saturated carbocycles. The Bertz CT molecular complexity index is 929. The minimum atomic E-state index is -4.84. The first-order valence-electron chi connectivity index (χ1n) is 8.58. The zero-order valence-corrected chi connectivity index (χ0v) is 17.7. The van der Waals surface area contributed by atoms with Gasteiger partial charge in [0.2, 0.25) is 15.9 Å². The summed E-state index contributed by atoms with van der Waals surface area (Å²) in [5, 5.41) is 6.49. The Labute approximate surface area is 171 Å². The Morgan fingerprint density at radius 3 is 2.41 bits per heavy atom. The fourth-order valence-corrected chi connectivity index (χ4v) is 4.84. The monoisotopic (exact) mass is 449 g/mol. The molecule has 1 aromatic carbocycles. The van der Waals surface area contributed by atoms with Crippen LogP contribution in [0.4, 0.5) is 13.2 Å². The Morgan fingerprint density at radius 1 is 1.21 bits per heavy atom. The second kappa shape index (κ2) is 9.24. The third-order valence-corrected chi connectivity index (χ3v) is 6.53. The van der Waals surface area contributed by atoms with Gasteiger partial charge in [0.15, 0.2) is 0 Å². The first-order valence-corrected chi connectivity index (χ1v) is 11.0. The van der Waals surface area contributed by atoms with Crippen LogP contribution in [0.3, 0.4) is 0 Å². The lowest BCUT2D eigenvalue weighted by Gasteiger charge is -2.25. The average molecular weight is 450 g/mol. The summed E-state index contributed by atoms with van der Waals surface area (Å²) in [5.41, 5.74) is -0.294. The van der Waals surface area contributed by atoms with E-state index in [1.54, 1.807) is 0 Å². The van der Waals surface area contributed by atoms with E-state index in [1.165, 1.54) is 24.3 Å². The van der Waals surface area contributed by atoms with Gasteiger partial charge in [-0.2, -0.15) is 29.2 Å². The summed E-state index contributed by atoms with van der Waals surface area (Å²) in [6, 6.07) is 4.37. The van der Waals surface area contributed by atoms with Crippen molar-refractivity contribution in [1.29, 1.82) is 0 Å². The molecule has 0 spiro atoms. The van der Waals surface area contributed by atoms with Gasteiger partial charge < -0.3 is 10.2 Å². The largest absolute Gasteiger partial charge is 0.417 e. The van der Waals surface area contributed by atoms with Gasteiger partial charge in [0.05, 0.1) is 22.5 Å². The van der Waals surface area contributed by atoms with Gasteiger partial charge in [-0.25, -0.2) is 8.42 Å². The molecule has 0 aliphatic heterocycles. The normalized spacial score (nSPS) is 14.6. The molecular weight excluding hydrogens is 427 g/mol. The molecule has 0 radical (unpaired) electrons. The van der Waals surface area contributed by atoms with Crippen molar-refractivity contribution in [1.82, 2.24) is 14.9 Å². The Kier molecular flexibility index (Phi) is 7.44. The van der Waals surface area contributed by atoms with Crippen LogP contribution in [-0.4, -0.2) is 45.9 Å². The standard InChI is InChI=1S/C18H22F3N3O3S2/c1-12(17(25)22-10-15(24(2)3)13-8-9-28-11-13)23-29(26,27)16-7-5-4-6-14(16)18(19,20)21/h4-9,11-12,15,23H,10H2,1-3H3,(H,22,25). The number of thiophene rings is 1. The predicted molar refractivity (Wildman–Crippen MR) is 105 cm³/mol. The Hall–Kier alpha value is -1.95. The predicted octanol–water partition coefficient (Wildman–Crippen LogP) is 2.85. The number of sulfonamides is 1. The molecule has 2 rings (SSSR count). The van der Waals surface area contributed by atoms with Crippen LogP contribution >= 0.6 is 11.3 Å². The van der Waals surface area contributed by atoms with Gasteiger partial charge >= 0.3 is 6.18 Å². The van der Waals surface area contributed by atoms with Crippen LogP contribution in [0.5, 0.6) is 0 Å². The molecule has 6 nitrogen and oxygen atoms in total. The minimum Gasteiger partial charge on any atom is -0.353 e. The number of hydrogen-bond acceptors (Lipinski definition) is 5. The van der Waals surface area contributed by atoms with Crippen LogP contribution < -0.4 is 10.0 Å². The van der Waals surface area contributed by atoms with Crippen molar-refractivity contribution in [2.75, 3.05) is 20.6 Å². The molecular formula is C18H22F3N3O3S2. The number of nitrogens with one attached hydrogen (secondary N) is 2. The second-order valence-corrected chi connectivity index (χ2v) is 9.08. The molecule has 1 heterocycles. The van der Waals surface area contributed by atoms with Crippen LogP contribution in [-0.2, 0) is 21.0 Å². The van der Waals surface area contributed by atoms with Crippen molar-refractivity contribution in [3.8, 4) is 0 Å². The number of halogens is 3. The van der Waals surface area contributed by atoms with E-state index < -0.39 is 38.6 Å². The zero-order chi connectivity index (χ0) is 21.8. The molecule has 2 unspecified atom stereocenters. The number of likely N-dealkylation sites (N-methyl/N-ethyl adjacent to an activating group) is 1. The van der Waals surface area contributed by atoms with Crippen LogP contribution in [0.25, 0.3) is 0 Å². The molecule has 0 aliphatic carbocycles. The topological polar surface area (TPSA) is 78.5 Å². The number of benzene rings is 1. The van der Waals surface area contributed by atoms with E-state index in [-0.39, 0.29) is 12.6 Å². The summed E-state index contributed by atoms with van der Waals surface area (Å²) < 4.78 is 66.3. The lowest BCUT2D eigenvalue weighted by atomic mass is 10.1. The van der Waals surface area contributed by atoms with Crippen molar-refractivity contribution in [3.63, 3.8) is 0 Å². The molecule has 1 amide bonds. The maximum atomic E-state index is 13.1. The molecule has 2 aromatic rings. The van der Waals surface area contributed by atoms with E-state index in [9.17, 15) is 26.4 Å². The summed E-state index contributed by atoms with van der Waals surface area (Å²) in [7, 11) is -0.872. The Morgan fingerprint density at radius 2 is 1.86 bits per heavy atom. The lowest BCUT2D eigenvalue weighted by Crippen LogP contribution is -2.46. The van der Waals surface area contributed by atoms with E-state index in [0.29, 0.717) is 6.07 Å². The number of carbonyl (C=O) groups excluding carboxylic acids is 1. The summed E-state index contributed by atoms with van der Waals surface area (Å²) in [6.07, 6.45) is -4.84. The van der Waals surface area contributed by atoms with Gasteiger partial charge in [-0.05, 0) is 55.5 Å². The van der Waals surface area contributed by atoms with Crippen LogP contribution in [0.2, 0.25) is 0 Å². The minimum absolute atomic E-state index is 0.125. The highest BCUT2D eigenvalue weighted by atomic mass is 32.2. The summed E-state index contributed by atoms with van der Waals surface area (Å²) >= 11 is 1.51. The summed E-state index contributed by atoms with van der Waals surface area (Å²) in [4.78, 5) is 13.3. The van der Waals surface area contributed by atoms with Gasteiger partial charge in [0.1, 0.15) is 0 Å². The van der Waals surface area contributed by atoms with Crippen molar-refractivity contribution >= 4 is 27.3 Å².